The van der Waals surface area contributed by atoms with Crippen molar-refractivity contribution >= 4 is 11.3 Å². The zero-order valence-corrected chi connectivity index (χ0v) is 13.4. The number of hydrogen-bond acceptors (Lipinski definition) is 4. The number of aromatic nitrogens is 1. The molecule has 108 valence electrons. The fourth-order valence-electron chi connectivity index (χ4n) is 2.59. The number of nitrogens with zero attached hydrogens (tertiary/aromatic N) is 1. The zero-order chi connectivity index (χ0) is 13.9. The third kappa shape index (κ3) is 3.36. The summed E-state index contributed by atoms with van der Waals surface area (Å²) in [5, 5.41) is 7.15. The third-order valence-electron chi connectivity index (χ3n) is 3.76. The van der Waals surface area contributed by atoms with Crippen LogP contribution in [0.15, 0.2) is 5.38 Å². The average Bonchev–Trinajstić information content (AvgIpc) is 2.73. The third-order valence-corrected chi connectivity index (χ3v) is 4.81. The van der Waals surface area contributed by atoms with Gasteiger partial charge in [-0.2, -0.15) is 0 Å². The number of thiazole rings is 1. The van der Waals surface area contributed by atoms with E-state index in [0.29, 0.717) is 0 Å². The first kappa shape index (κ1) is 14.9. The fraction of sp³-hybridized carbons (Fsp3) is 0.800. The van der Waals surface area contributed by atoms with Gasteiger partial charge in [-0.1, -0.05) is 27.7 Å². The first-order chi connectivity index (χ1) is 8.98. The predicted molar refractivity (Wildman–Crippen MR) is 80.8 cm³/mol. The van der Waals surface area contributed by atoms with Gasteiger partial charge in [-0.15, -0.1) is 11.3 Å². The van der Waals surface area contributed by atoms with E-state index in [1.807, 2.05) is 0 Å². The van der Waals surface area contributed by atoms with Gasteiger partial charge in [-0.05, 0) is 25.8 Å². The quantitative estimate of drug-likeness (QED) is 0.922. The second-order valence-corrected chi connectivity index (χ2v) is 7.22. The number of ether oxygens (including phenoxy) is 1. The molecule has 3 nitrogen and oxygen atoms in total. The van der Waals surface area contributed by atoms with E-state index in [9.17, 15) is 0 Å². The van der Waals surface area contributed by atoms with Crippen molar-refractivity contribution in [1.29, 1.82) is 0 Å². The SMILES string of the molecule is CCNC1(c2nc(C(C)(C)C)cs2)CCCOCC1. The summed E-state index contributed by atoms with van der Waals surface area (Å²) in [6.07, 6.45) is 3.26. The maximum Gasteiger partial charge on any atom is 0.113 e. The summed E-state index contributed by atoms with van der Waals surface area (Å²) in [4.78, 5) is 4.94. The van der Waals surface area contributed by atoms with Crippen molar-refractivity contribution < 1.29 is 4.74 Å². The monoisotopic (exact) mass is 282 g/mol. The maximum absolute atomic E-state index is 5.63. The summed E-state index contributed by atoms with van der Waals surface area (Å²) in [6, 6.07) is 0. The van der Waals surface area contributed by atoms with Gasteiger partial charge in [0, 0.05) is 24.0 Å². The van der Waals surface area contributed by atoms with Crippen LogP contribution in [-0.2, 0) is 15.7 Å². The molecule has 4 heteroatoms. The highest BCUT2D eigenvalue weighted by Gasteiger charge is 2.35. The van der Waals surface area contributed by atoms with Gasteiger partial charge in [0.2, 0.25) is 0 Å². The Balaban J connectivity index is 2.30. The smallest absolute Gasteiger partial charge is 0.113 e. The van der Waals surface area contributed by atoms with Crippen LogP contribution in [0.2, 0.25) is 0 Å². The summed E-state index contributed by atoms with van der Waals surface area (Å²) in [5.74, 6) is 0. The average molecular weight is 282 g/mol. The van der Waals surface area contributed by atoms with Gasteiger partial charge in [0.25, 0.3) is 0 Å². The van der Waals surface area contributed by atoms with Gasteiger partial charge in [0.05, 0.1) is 11.2 Å². The molecule has 0 aromatic carbocycles. The summed E-state index contributed by atoms with van der Waals surface area (Å²) in [5.41, 5.74) is 1.36. The molecule has 1 N–H and O–H groups in total. The molecular formula is C15H26N2OS. The number of hydrogen-bond donors (Lipinski definition) is 1. The topological polar surface area (TPSA) is 34.2 Å². The van der Waals surface area contributed by atoms with E-state index >= 15 is 0 Å². The van der Waals surface area contributed by atoms with Gasteiger partial charge >= 0.3 is 0 Å². The Kier molecular flexibility index (Phi) is 4.64. The molecule has 0 saturated carbocycles. The lowest BCUT2D eigenvalue weighted by atomic mass is 9.90. The molecule has 1 atom stereocenters. The van der Waals surface area contributed by atoms with E-state index in [0.717, 1.165) is 39.0 Å². The summed E-state index contributed by atoms with van der Waals surface area (Å²) < 4.78 is 5.63. The molecule has 0 radical (unpaired) electrons. The van der Waals surface area contributed by atoms with Crippen LogP contribution in [0.4, 0.5) is 0 Å². The van der Waals surface area contributed by atoms with Crippen molar-refractivity contribution in [2.45, 2.75) is 57.9 Å². The minimum absolute atomic E-state index is 0.0272. The summed E-state index contributed by atoms with van der Waals surface area (Å²) in [6.45, 7) is 11.5. The van der Waals surface area contributed by atoms with Gasteiger partial charge in [0.1, 0.15) is 5.01 Å². The molecule has 0 amide bonds. The molecule has 0 aliphatic carbocycles. The van der Waals surface area contributed by atoms with E-state index in [4.69, 9.17) is 9.72 Å². The van der Waals surface area contributed by atoms with Gasteiger partial charge < -0.3 is 10.1 Å². The van der Waals surface area contributed by atoms with Crippen molar-refractivity contribution in [3.63, 3.8) is 0 Å². The Morgan fingerprint density at radius 3 is 2.79 bits per heavy atom. The standard InChI is InChI=1S/C15H26N2OS/c1-5-16-15(7-6-9-18-10-8-15)13-17-12(11-19-13)14(2,3)4/h11,16H,5-10H2,1-4H3. The first-order valence-electron chi connectivity index (χ1n) is 7.27. The normalized spacial score (nSPS) is 25.3. The van der Waals surface area contributed by atoms with E-state index in [2.05, 4.69) is 38.4 Å². The minimum Gasteiger partial charge on any atom is -0.381 e. The van der Waals surface area contributed by atoms with Gasteiger partial charge in [-0.25, -0.2) is 4.98 Å². The van der Waals surface area contributed by atoms with Crippen molar-refractivity contribution in [3.05, 3.63) is 16.1 Å². The molecule has 1 aliphatic rings. The lowest BCUT2D eigenvalue weighted by Gasteiger charge is -2.31. The molecule has 1 fully saturated rings. The Morgan fingerprint density at radius 1 is 1.37 bits per heavy atom. The highest BCUT2D eigenvalue weighted by atomic mass is 32.1. The van der Waals surface area contributed by atoms with Crippen LogP contribution in [0.25, 0.3) is 0 Å². The number of nitrogens with one attached hydrogen (secondary N) is 1. The van der Waals surface area contributed by atoms with Crippen LogP contribution >= 0.6 is 11.3 Å². The van der Waals surface area contributed by atoms with Gasteiger partial charge in [0.15, 0.2) is 0 Å². The van der Waals surface area contributed by atoms with Crippen molar-refractivity contribution in [3.8, 4) is 0 Å². The molecule has 1 aromatic heterocycles. The molecular weight excluding hydrogens is 256 g/mol. The lowest BCUT2D eigenvalue weighted by molar-refractivity contribution is 0.136. The molecule has 0 spiro atoms. The number of rotatable bonds is 3. The lowest BCUT2D eigenvalue weighted by Crippen LogP contribution is -2.42. The van der Waals surface area contributed by atoms with E-state index in [-0.39, 0.29) is 11.0 Å². The van der Waals surface area contributed by atoms with E-state index < -0.39 is 0 Å². The molecule has 1 aliphatic heterocycles. The van der Waals surface area contributed by atoms with Crippen LogP contribution in [0.5, 0.6) is 0 Å². The highest BCUT2D eigenvalue weighted by molar-refractivity contribution is 7.09. The molecule has 2 rings (SSSR count). The molecule has 19 heavy (non-hydrogen) atoms. The summed E-state index contributed by atoms with van der Waals surface area (Å²) in [7, 11) is 0. The molecule has 1 aromatic rings. The largest absolute Gasteiger partial charge is 0.381 e. The second kappa shape index (κ2) is 5.90. The zero-order valence-electron chi connectivity index (χ0n) is 12.6. The van der Waals surface area contributed by atoms with Crippen LogP contribution < -0.4 is 5.32 Å². The van der Waals surface area contributed by atoms with Crippen LogP contribution in [0, 0.1) is 0 Å². The molecule has 2 heterocycles. The van der Waals surface area contributed by atoms with Crippen LogP contribution in [0.3, 0.4) is 0 Å². The van der Waals surface area contributed by atoms with E-state index in [1.165, 1.54) is 10.7 Å². The van der Waals surface area contributed by atoms with Crippen molar-refractivity contribution in [2.75, 3.05) is 19.8 Å². The Bertz CT molecular complexity index is 401. The first-order valence-corrected chi connectivity index (χ1v) is 8.15. The second-order valence-electron chi connectivity index (χ2n) is 6.37. The van der Waals surface area contributed by atoms with Crippen molar-refractivity contribution in [1.82, 2.24) is 10.3 Å². The Labute approximate surface area is 120 Å². The molecule has 0 bridgehead atoms. The summed E-state index contributed by atoms with van der Waals surface area (Å²) >= 11 is 1.80. The fourth-order valence-corrected chi connectivity index (χ4v) is 3.87. The maximum atomic E-state index is 5.63. The highest BCUT2D eigenvalue weighted by Crippen LogP contribution is 2.36. The molecule has 1 saturated heterocycles. The molecule has 1 unspecified atom stereocenters. The van der Waals surface area contributed by atoms with Crippen molar-refractivity contribution in [2.24, 2.45) is 0 Å². The van der Waals surface area contributed by atoms with Gasteiger partial charge in [-0.3, -0.25) is 0 Å². The Hall–Kier alpha value is -0.450. The predicted octanol–water partition coefficient (Wildman–Crippen LogP) is 3.45. The Morgan fingerprint density at radius 2 is 2.16 bits per heavy atom. The minimum atomic E-state index is 0.0272. The van der Waals surface area contributed by atoms with Crippen LogP contribution in [0.1, 0.15) is 57.7 Å². The van der Waals surface area contributed by atoms with Crippen LogP contribution in [-0.4, -0.2) is 24.7 Å². The van der Waals surface area contributed by atoms with E-state index in [1.54, 1.807) is 11.3 Å².